The lowest BCUT2D eigenvalue weighted by Gasteiger charge is -2.48. The number of esters is 2. The number of β-lactam (4-membered cyclic amide) rings is 1. The molecule has 2 heterocycles. The minimum atomic E-state index is -0.818. The van der Waals surface area contributed by atoms with Crippen molar-refractivity contribution in [1.82, 2.24) is 10.2 Å². The summed E-state index contributed by atoms with van der Waals surface area (Å²) in [5, 5.41) is 2.87. The molecule has 0 unspecified atom stereocenters. The maximum Gasteiger partial charge on any atom is 0.347 e. The molecule has 0 saturated carbocycles. The molecule has 0 aliphatic carbocycles. The Balaban J connectivity index is 2.18. The molecule has 28 heavy (non-hydrogen) atoms. The SMILES string of the molecule is C=CCN1C(=O)[C@@H](NC=C(C(=O)OCC)C(=O)OCC)[C@H]1[C@@H]1COC(C)(C)O1. The molecular formula is C19H28N2O7. The second-order valence-electron chi connectivity index (χ2n) is 6.78. The fraction of sp³-hybridized carbons (Fsp3) is 0.632. The van der Waals surface area contributed by atoms with Gasteiger partial charge >= 0.3 is 11.9 Å². The van der Waals surface area contributed by atoms with Gasteiger partial charge in [0.1, 0.15) is 12.1 Å². The molecule has 0 radical (unpaired) electrons. The normalized spacial score (nSPS) is 25.5. The molecule has 156 valence electrons. The fourth-order valence-electron chi connectivity index (χ4n) is 3.18. The molecular weight excluding hydrogens is 368 g/mol. The Bertz CT molecular complexity index is 639. The molecule has 2 fully saturated rings. The first-order chi connectivity index (χ1) is 13.3. The molecule has 0 aromatic heterocycles. The zero-order valence-electron chi connectivity index (χ0n) is 16.7. The van der Waals surface area contributed by atoms with Crippen molar-refractivity contribution in [2.75, 3.05) is 26.4 Å². The van der Waals surface area contributed by atoms with Crippen molar-refractivity contribution in [3.8, 4) is 0 Å². The zero-order chi connectivity index (χ0) is 20.9. The molecule has 3 atom stereocenters. The van der Waals surface area contributed by atoms with Gasteiger partial charge in [0.2, 0.25) is 5.91 Å². The molecule has 0 spiro atoms. The summed E-state index contributed by atoms with van der Waals surface area (Å²) in [6.07, 6.45) is 2.45. The summed E-state index contributed by atoms with van der Waals surface area (Å²) in [5.41, 5.74) is -0.304. The third-order valence-corrected chi connectivity index (χ3v) is 4.39. The van der Waals surface area contributed by atoms with E-state index in [1.807, 2.05) is 0 Å². The van der Waals surface area contributed by atoms with Crippen LogP contribution in [0.1, 0.15) is 27.7 Å². The maximum atomic E-state index is 12.5. The number of hydrogen-bond acceptors (Lipinski definition) is 8. The highest BCUT2D eigenvalue weighted by Gasteiger charge is 2.54. The fourth-order valence-corrected chi connectivity index (χ4v) is 3.18. The van der Waals surface area contributed by atoms with E-state index in [9.17, 15) is 14.4 Å². The topological polar surface area (TPSA) is 103 Å². The van der Waals surface area contributed by atoms with Crippen LogP contribution in [0.3, 0.4) is 0 Å². The van der Waals surface area contributed by atoms with Crippen LogP contribution in [0.25, 0.3) is 0 Å². The number of nitrogens with zero attached hydrogens (tertiary/aromatic N) is 1. The molecule has 2 aliphatic rings. The molecule has 9 heteroatoms. The summed E-state index contributed by atoms with van der Waals surface area (Å²) in [5.74, 6) is -2.57. The predicted octanol–water partition coefficient (Wildman–Crippen LogP) is 0.503. The zero-order valence-corrected chi connectivity index (χ0v) is 16.7. The third-order valence-electron chi connectivity index (χ3n) is 4.39. The van der Waals surface area contributed by atoms with Crippen LogP contribution in [-0.2, 0) is 33.3 Å². The summed E-state index contributed by atoms with van der Waals surface area (Å²) < 4.78 is 21.3. The standard InChI is InChI=1S/C19H28N2O7/c1-6-9-21-15(13-11-27-19(4,5)28-13)14(16(21)22)20-10-12(17(23)25-7-2)18(24)26-8-3/h6,10,13-15,20H,1,7-9,11H2,2-5H3/t13-,14-,15+/m0/s1. The number of carbonyl (C=O) groups is 3. The van der Waals surface area contributed by atoms with Crippen LogP contribution < -0.4 is 5.32 Å². The summed E-state index contributed by atoms with van der Waals surface area (Å²) in [7, 11) is 0. The van der Waals surface area contributed by atoms with Crippen LogP contribution in [0.2, 0.25) is 0 Å². The Kier molecular flexibility index (Phi) is 7.20. The first kappa shape index (κ1) is 21.9. The second-order valence-corrected chi connectivity index (χ2v) is 6.78. The highest BCUT2D eigenvalue weighted by atomic mass is 16.7. The van der Waals surface area contributed by atoms with E-state index in [1.54, 1.807) is 38.7 Å². The van der Waals surface area contributed by atoms with E-state index >= 15 is 0 Å². The van der Waals surface area contributed by atoms with Crippen molar-refractivity contribution < 1.29 is 33.3 Å². The monoisotopic (exact) mass is 396 g/mol. The summed E-state index contributed by atoms with van der Waals surface area (Å²) in [6.45, 7) is 11.4. The number of nitrogens with one attached hydrogen (secondary N) is 1. The number of ether oxygens (including phenoxy) is 4. The van der Waals surface area contributed by atoms with Crippen LogP contribution in [0, 0.1) is 0 Å². The van der Waals surface area contributed by atoms with Crippen molar-refractivity contribution in [1.29, 1.82) is 0 Å². The van der Waals surface area contributed by atoms with Crippen molar-refractivity contribution >= 4 is 17.8 Å². The number of carbonyl (C=O) groups excluding carboxylic acids is 3. The lowest BCUT2D eigenvalue weighted by Crippen LogP contribution is -2.73. The van der Waals surface area contributed by atoms with Crippen molar-refractivity contribution in [2.24, 2.45) is 0 Å². The molecule has 2 rings (SSSR count). The summed E-state index contributed by atoms with van der Waals surface area (Å²) >= 11 is 0. The van der Waals surface area contributed by atoms with Crippen LogP contribution in [0.4, 0.5) is 0 Å². The molecule has 0 aromatic carbocycles. The number of amides is 1. The van der Waals surface area contributed by atoms with Crippen molar-refractivity contribution in [3.63, 3.8) is 0 Å². The number of likely N-dealkylation sites (tertiary alicyclic amines) is 1. The van der Waals surface area contributed by atoms with Crippen LogP contribution in [0.5, 0.6) is 0 Å². The Labute approximate surface area is 164 Å². The number of hydrogen-bond donors (Lipinski definition) is 1. The van der Waals surface area contributed by atoms with Gasteiger partial charge in [0.15, 0.2) is 11.4 Å². The minimum Gasteiger partial charge on any atom is -0.462 e. The summed E-state index contributed by atoms with van der Waals surface area (Å²) in [6, 6.07) is -1.02. The van der Waals surface area contributed by atoms with Crippen LogP contribution >= 0.6 is 0 Å². The molecule has 1 amide bonds. The maximum absolute atomic E-state index is 12.5. The van der Waals surface area contributed by atoms with Gasteiger partial charge in [-0.3, -0.25) is 4.79 Å². The molecule has 0 bridgehead atoms. The first-order valence-electron chi connectivity index (χ1n) is 9.29. The van der Waals surface area contributed by atoms with E-state index < -0.39 is 23.8 Å². The third kappa shape index (κ3) is 4.71. The smallest absolute Gasteiger partial charge is 0.347 e. The van der Waals surface area contributed by atoms with Crippen LogP contribution in [-0.4, -0.2) is 73.1 Å². The first-order valence-corrected chi connectivity index (χ1v) is 9.29. The Morgan fingerprint density at radius 3 is 2.36 bits per heavy atom. The van der Waals surface area contributed by atoms with Gasteiger partial charge in [-0.05, 0) is 27.7 Å². The Morgan fingerprint density at radius 1 is 1.29 bits per heavy atom. The summed E-state index contributed by atoms with van der Waals surface area (Å²) in [4.78, 5) is 38.3. The predicted molar refractivity (Wildman–Crippen MR) is 98.9 cm³/mol. The second kappa shape index (κ2) is 9.20. The quantitative estimate of drug-likeness (QED) is 0.150. The average Bonchev–Trinajstić information content (AvgIpc) is 2.98. The van der Waals surface area contributed by atoms with E-state index in [2.05, 4.69) is 11.9 Å². The van der Waals surface area contributed by atoms with Gasteiger partial charge in [0, 0.05) is 12.7 Å². The largest absolute Gasteiger partial charge is 0.462 e. The van der Waals surface area contributed by atoms with E-state index in [0.29, 0.717) is 13.2 Å². The number of rotatable bonds is 9. The van der Waals surface area contributed by atoms with E-state index in [1.165, 1.54) is 6.20 Å². The Morgan fingerprint density at radius 2 is 1.89 bits per heavy atom. The molecule has 9 nitrogen and oxygen atoms in total. The van der Waals surface area contributed by atoms with Gasteiger partial charge < -0.3 is 29.2 Å². The van der Waals surface area contributed by atoms with Gasteiger partial charge in [-0.25, -0.2) is 9.59 Å². The molecule has 1 N–H and O–H groups in total. The molecule has 2 aliphatic heterocycles. The average molecular weight is 396 g/mol. The highest BCUT2D eigenvalue weighted by Crippen LogP contribution is 2.32. The van der Waals surface area contributed by atoms with E-state index in [4.69, 9.17) is 18.9 Å². The van der Waals surface area contributed by atoms with Gasteiger partial charge in [-0.2, -0.15) is 0 Å². The van der Waals surface area contributed by atoms with E-state index in [0.717, 1.165) is 0 Å². The van der Waals surface area contributed by atoms with Gasteiger partial charge in [-0.15, -0.1) is 6.58 Å². The highest BCUT2D eigenvalue weighted by molar-refractivity contribution is 6.14. The van der Waals surface area contributed by atoms with Gasteiger partial charge in [0.25, 0.3) is 0 Å². The molecule has 2 saturated heterocycles. The van der Waals surface area contributed by atoms with Crippen molar-refractivity contribution in [3.05, 3.63) is 24.4 Å². The lowest BCUT2D eigenvalue weighted by atomic mass is 9.90. The van der Waals surface area contributed by atoms with Gasteiger partial charge in [0.05, 0.1) is 25.9 Å². The van der Waals surface area contributed by atoms with Gasteiger partial charge in [-0.1, -0.05) is 6.08 Å². The lowest BCUT2D eigenvalue weighted by molar-refractivity contribution is -0.172. The van der Waals surface area contributed by atoms with E-state index in [-0.39, 0.29) is 36.8 Å². The van der Waals surface area contributed by atoms with Crippen LogP contribution in [0.15, 0.2) is 24.4 Å². The minimum absolute atomic E-state index is 0.107. The Hall–Kier alpha value is -2.39. The molecule has 0 aromatic rings. The van der Waals surface area contributed by atoms with Crippen molar-refractivity contribution in [2.45, 2.75) is 51.7 Å².